The van der Waals surface area contributed by atoms with Gasteiger partial charge in [-0.15, -0.1) is 0 Å². The Hall–Kier alpha value is -2.12. The van der Waals surface area contributed by atoms with E-state index in [0.29, 0.717) is 38.8 Å². The van der Waals surface area contributed by atoms with E-state index >= 15 is 0 Å². The summed E-state index contributed by atoms with van der Waals surface area (Å²) in [6, 6.07) is -0.0806. The molecule has 8 heteroatoms. The highest BCUT2D eigenvalue weighted by atomic mass is 16.2. The molecule has 0 aromatic heterocycles. The number of nitrogens with one attached hydrogen (secondary N) is 3. The zero-order chi connectivity index (χ0) is 45.6. The number of nitrogens with zero attached hydrogens (tertiary/aromatic N) is 1. The van der Waals surface area contributed by atoms with E-state index in [9.17, 15) is 19.2 Å². The van der Waals surface area contributed by atoms with Crippen LogP contribution in [0, 0.1) is 0 Å². The summed E-state index contributed by atoms with van der Waals surface area (Å²) in [5, 5.41) is 9.25. The molecule has 2 atom stereocenters. The van der Waals surface area contributed by atoms with Crippen LogP contribution in [0.4, 0.5) is 0 Å². The first-order valence-electron chi connectivity index (χ1n) is 27.4. The monoisotopic (exact) mass is 875 g/mol. The van der Waals surface area contributed by atoms with E-state index in [4.69, 9.17) is 0 Å². The molecule has 0 heterocycles. The molecule has 0 aromatic rings. The first kappa shape index (κ1) is 59.9. The summed E-state index contributed by atoms with van der Waals surface area (Å²) in [6.45, 7) is 12.7. The highest BCUT2D eigenvalue weighted by Crippen LogP contribution is 2.15. The molecule has 4 amide bonds. The molecule has 2 unspecified atom stereocenters. The minimum atomic E-state index is -0.0478. The van der Waals surface area contributed by atoms with Crippen molar-refractivity contribution in [1.82, 2.24) is 20.9 Å². The molecule has 0 saturated carbocycles. The lowest BCUT2D eigenvalue weighted by Gasteiger charge is -2.27. The average molecular weight is 875 g/mol. The number of hydrogen-bond donors (Lipinski definition) is 3. The zero-order valence-corrected chi connectivity index (χ0v) is 42.1. The normalized spacial score (nSPS) is 12.3. The van der Waals surface area contributed by atoms with Crippen LogP contribution in [0.15, 0.2) is 0 Å². The number of unbranched alkanes of at least 4 members (excludes halogenated alkanes) is 32. The van der Waals surface area contributed by atoms with Gasteiger partial charge in [0.15, 0.2) is 0 Å². The van der Waals surface area contributed by atoms with Crippen LogP contribution >= 0.6 is 0 Å². The summed E-state index contributed by atoms with van der Waals surface area (Å²) in [4.78, 5) is 52.9. The Kier molecular flexibility index (Phi) is 45.3. The second kappa shape index (κ2) is 46.9. The van der Waals surface area contributed by atoms with Crippen molar-refractivity contribution in [2.75, 3.05) is 19.6 Å². The molecule has 366 valence electrons. The largest absolute Gasteiger partial charge is 0.354 e. The van der Waals surface area contributed by atoms with Gasteiger partial charge in [-0.05, 0) is 46.0 Å². The standard InChI is InChI=1S/C54H106N4O4/c1-6-9-12-15-18-22-28-33-38-43-52(60)56-49(4)47-55-51(59)42-37-32-27-25-21-26-31-36-41-46-58(54(62)45-40-35-30-24-20-17-14-11-8-3)48-50(5)57-53(61)44-39-34-29-23-19-16-13-10-7-2/h49-50H,6-48H2,1-5H3,(H,55,59)(H,56,60)(H,57,61). The lowest BCUT2D eigenvalue weighted by atomic mass is 10.1. The van der Waals surface area contributed by atoms with Crippen LogP contribution in [-0.4, -0.2) is 60.2 Å². The molecule has 0 aromatic carbocycles. The molecule has 0 aliphatic rings. The molecule has 0 aliphatic heterocycles. The molecule has 0 saturated heterocycles. The summed E-state index contributed by atoms with van der Waals surface area (Å²) in [5.41, 5.74) is 0. The van der Waals surface area contributed by atoms with Crippen LogP contribution < -0.4 is 16.0 Å². The van der Waals surface area contributed by atoms with Crippen molar-refractivity contribution in [1.29, 1.82) is 0 Å². The van der Waals surface area contributed by atoms with Crippen LogP contribution in [0.2, 0.25) is 0 Å². The fourth-order valence-corrected chi connectivity index (χ4v) is 8.56. The average Bonchev–Trinajstić information content (AvgIpc) is 3.25. The van der Waals surface area contributed by atoms with Crippen molar-refractivity contribution in [2.24, 2.45) is 0 Å². The van der Waals surface area contributed by atoms with Gasteiger partial charge in [-0.3, -0.25) is 19.2 Å². The van der Waals surface area contributed by atoms with Gasteiger partial charge in [-0.25, -0.2) is 0 Å². The molecule has 3 N–H and O–H groups in total. The quantitative estimate of drug-likeness (QED) is 0.0529. The van der Waals surface area contributed by atoms with Crippen molar-refractivity contribution in [3.8, 4) is 0 Å². The van der Waals surface area contributed by atoms with Crippen molar-refractivity contribution >= 4 is 23.6 Å². The molecule has 0 aliphatic carbocycles. The lowest BCUT2D eigenvalue weighted by Crippen LogP contribution is -2.44. The first-order valence-corrected chi connectivity index (χ1v) is 27.4. The topological polar surface area (TPSA) is 108 Å². The summed E-state index contributed by atoms with van der Waals surface area (Å²) < 4.78 is 0. The van der Waals surface area contributed by atoms with Gasteiger partial charge in [0, 0.05) is 57.4 Å². The van der Waals surface area contributed by atoms with Gasteiger partial charge in [0.25, 0.3) is 0 Å². The third-order valence-corrected chi connectivity index (χ3v) is 12.6. The number of amides is 4. The number of carbonyl (C=O) groups excluding carboxylic acids is 4. The Morgan fingerprint density at radius 2 is 0.645 bits per heavy atom. The Bertz CT molecular complexity index is 1020. The van der Waals surface area contributed by atoms with Gasteiger partial charge in [-0.2, -0.15) is 0 Å². The fraction of sp³-hybridized carbons (Fsp3) is 0.926. The molecule has 0 spiro atoms. The lowest BCUT2D eigenvalue weighted by molar-refractivity contribution is -0.132. The molecule has 0 rings (SSSR count). The SMILES string of the molecule is CCCCCCCCCCCC(=O)NC(C)CNC(=O)CCCCCCCCCCCN(CC(C)NC(=O)CCCCCCCCCCC)C(=O)CCCCCCCCCCC. The first-order chi connectivity index (χ1) is 30.2. The highest BCUT2D eigenvalue weighted by molar-refractivity contribution is 5.78. The maximum absolute atomic E-state index is 13.4. The van der Waals surface area contributed by atoms with Crippen molar-refractivity contribution in [3.05, 3.63) is 0 Å². The fourth-order valence-electron chi connectivity index (χ4n) is 8.56. The molecule has 0 fully saturated rings. The molecule has 0 bridgehead atoms. The van der Waals surface area contributed by atoms with E-state index in [-0.39, 0.29) is 35.7 Å². The van der Waals surface area contributed by atoms with E-state index in [1.54, 1.807) is 0 Å². The summed E-state index contributed by atoms with van der Waals surface area (Å²) in [5.74, 6) is 0.554. The maximum atomic E-state index is 13.4. The predicted octanol–water partition coefficient (Wildman–Crippen LogP) is 14.6. The predicted molar refractivity (Wildman–Crippen MR) is 267 cm³/mol. The van der Waals surface area contributed by atoms with Crippen LogP contribution in [0.25, 0.3) is 0 Å². The van der Waals surface area contributed by atoms with Gasteiger partial charge in [0.2, 0.25) is 23.6 Å². The summed E-state index contributed by atoms with van der Waals surface area (Å²) in [6.07, 6.45) is 46.1. The second-order valence-electron chi connectivity index (χ2n) is 19.2. The zero-order valence-electron chi connectivity index (χ0n) is 42.1. The Morgan fingerprint density at radius 1 is 0.355 bits per heavy atom. The van der Waals surface area contributed by atoms with Gasteiger partial charge in [0.05, 0.1) is 0 Å². The van der Waals surface area contributed by atoms with E-state index in [0.717, 1.165) is 77.2 Å². The van der Waals surface area contributed by atoms with Crippen LogP contribution in [0.1, 0.15) is 291 Å². The number of hydrogen-bond acceptors (Lipinski definition) is 4. The van der Waals surface area contributed by atoms with E-state index in [2.05, 4.69) is 43.6 Å². The van der Waals surface area contributed by atoms with Gasteiger partial charge >= 0.3 is 0 Å². The summed E-state index contributed by atoms with van der Waals surface area (Å²) in [7, 11) is 0. The minimum Gasteiger partial charge on any atom is -0.354 e. The molecule has 0 radical (unpaired) electrons. The second-order valence-corrected chi connectivity index (χ2v) is 19.2. The minimum absolute atomic E-state index is 0.0329. The van der Waals surface area contributed by atoms with Gasteiger partial charge in [-0.1, -0.05) is 220 Å². The number of rotatable bonds is 48. The van der Waals surface area contributed by atoms with Crippen molar-refractivity contribution in [3.63, 3.8) is 0 Å². The Balaban J connectivity index is 4.24. The highest BCUT2D eigenvalue weighted by Gasteiger charge is 2.18. The van der Waals surface area contributed by atoms with Crippen LogP contribution in [-0.2, 0) is 19.2 Å². The van der Waals surface area contributed by atoms with E-state index in [1.807, 2.05) is 11.8 Å². The Labute approximate surface area is 385 Å². The summed E-state index contributed by atoms with van der Waals surface area (Å²) >= 11 is 0. The van der Waals surface area contributed by atoms with Crippen molar-refractivity contribution in [2.45, 2.75) is 304 Å². The van der Waals surface area contributed by atoms with Gasteiger partial charge < -0.3 is 20.9 Å². The van der Waals surface area contributed by atoms with Crippen LogP contribution in [0.5, 0.6) is 0 Å². The smallest absolute Gasteiger partial charge is 0.222 e. The van der Waals surface area contributed by atoms with E-state index in [1.165, 1.54) is 161 Å². The van der Waals surface area contributed by atoms with Crippen molar-refractivity contribution < 1.29 is 19.2 Å². The third-order valence-electron chi connectivity index (χ3n) is 12.6. The van der Waals surface area contributed by atoms with Crippen LogP contribution in [0.3, 0.4) is 0 Å². The van der Waals surface area contributed by atoms with Gasteiger partial charge in [0.1, 0.15) is 0 Å². The third kappa shape index (κ3) is 43.1. The molecule has 62 heavy (non-hydrogen) atoms. The van der Waals surface area contributed by atoms with E-state index < -0.39 is 0 Å². The molecule has 8 nitrogen and oxygen atoms in total. The maximum Gasteiger partial charge on any atom is 0.222 e. The molecular weight excluding hydrogens is 769 g/mol. The number of carbonyl (C=O) groups is 4. The Morgan fingerprint density at radius 3 is 1.02 bits per heavy atom. The molecular formula is C54H106N4O4.